The van der Waals surface area contributed by atoms with Crippen LogP contribution in [0.4, 0.5) is 0 Å². The first-order valence-electron chi connectivity index (χ1n) is 9.68. The molecule has 3 rings (SSSR count). The van der Waals surface area contributed by atoms with E-state index in [-0.39, 0.29) is 24.0 Å². The van der Waals surface area contributed by atoms with Gasteiger partial charge in [-0.05, 0) is 31.6 Å². The SMILES string of the molecule is C[N+](C)(CC#CC(O)(c1ccccc1)c1ccccc1)C1CCCCC1.[I-]. The van der Waals surface area contributed by atoms with Crippen LogP contribution in [0.5, 0.6) is 0 Å². The van der Waals surface area contributed by atoms with Crippen LogP contribution in [-0.4, -0.2) is 36.3 Å². The second-order valence-electron chi connectivity index (χ2n) is 7.97. The van der Waals surface area contributed by atoms with E-state index >= 15 is 0 Å². The fraction of sp³-hybridized carbons (Fsp3) is 0.417. The summed E-state index contributed by atoms with van der Waals surface area (Å²) in [5.41, 5.74) is 0.373. The van der Waals surface area contributed by atoms with Gasteiger partial charge in [-0.2, -0.15) is 0 Å². The van der Waals surface area contributed by atoms with Crippen molar-refractivity contribution in [2.24, 2.45) is 0 Å². The number of rotatable bonds is 4. The summed E-state index contributed by atoms with van der Waals surface area (Å²) in [5, 5.41) is 11.5. The van der Waals surface area contributed by atoms with Crippen LogP contribution in [0.2, 0.25) is 0 Å². The number of nitrogens with zero attached hydrogens (tertiary/aromatic N) is 1. The van der Waals surface area contributed by atoms with E-state index in [1.807, 2.05) is 60.7 Å². The zero-order chi connectivity index (χ0) is 18.5. The molecule has 1 N–H and O–H groups in total. The number of halogens is 1. The predicted molar refractivity (Wildman–Crippen MR) is 108 cm³/mol. The summed E-state index contributed by atoms with van der Waals surface area (Å²) in [6, 6.07) is 20.2. The third-order valence-electron chi connectivity index (χ3n) is 5.70. The van der Waals surface area contributed by atoms with Gasteiger partial charge in [0.25, 0.3) is 0 Å². The number of benzene rings is 2. The van der Waals surface area contributed by atoms with Crippen molar-refractivity contribution in [2.45, 2.75) is 43.7 Å². The second-order valence-corrected chi connectivity index (χ2v) is 7.97. The minimum Gasteiger partial charge on any atom is -1.00 e. The molecule has 0 spiro atoms. The summed E-state index contributed by atoms with van der Waals surface area (Å²) in [4.78, 5) is 0. The standard InChI is InChI=1S/C24H30NO.HI/c1-25(2,23-17-10-5-11-18-23)20-12-19-24(26,21-13-6-3-7-14-21)22-15-8-4-9-16-22;/h3-4,6-9,13-16,23,26H,5,10-11,17-18,20H2,1-2H3;1H/q+1;/p-1. The summed E-state index contributed by atoms with van der Waals surface area (Å²) in [7, 11) is 4.55. The molecule has 0 aliphatic heterocycles. The maximum absolute atomic E-state index is 11.5. The second kappa shape index (κ2) is 9.73. The van der Waals surface area contributed by atoms with E-state index in [9.17, 15) is 5.11 Å². The molecule has 3 heteroatoms. The van der Waals surface area contributed by atoms with Gasteiger partial charge in [0.2, 0.25) is 0 Å². The summed E-state index contributed by atoms with van der Waals surface area (Å²) < 4.78 is 0.909. The van der Waals surface area contributed by atoms with Crippen LogP contribution in [-0.2, 0) is 5.60 Å². The van der Waals surface area contributed by atoms with Crippen LogP contribution in [0.3, 0.4) is 0 Å². The highest BCUT2D eigenvalue weighted by Crippen LogP contribution is 2.29. The molecule has 0 saturated heterocycles. The highest BCUT2D eigenvalue weighted by atomic mass is 127. The topological polar surface area (TPSA) is 20.2 Å². The monoisotopic (exact) mass is 475 g/mol. The predicted octanol–water partition coefficient (Wildman–Crippen LogP) is 1.34. The lowest BCUT2D eigenvalue weighted by molar-refractivity contribution is -0.909. The van der Waals surface area contributed by atoms with Crippen LogP contribution in [0.1, 0.15) is 43.2 Å². The Morgan fingerprint density at radius 2 is 1.37 bits per heavy atom. The summed E-state index contributed by atoms with van der Waals surface area (Å²) in [5.74, 6) is 6.55. The largest absolute Gasteiger partial charge is 1.00 e. The van der Waals surface area contributed by atoms with Gasteiger partial charge in [0.1, 0.15) is 6.54 Å². The number of hydrogen-bond donors (Lipinski definition) is 1. The molecule has 1 saturated carbocycles. The molecule has 0 radical (unpaired) electrons. The fourth-order valence-corrected chi connectivity index (χ4v) is 3.95. The van der Waals surface area contributed by atoms with Crippen molar-refractivity contribution in [2.75, 3.05) is 20.6 Å². The molecule has 0 amide bonds. The maximum atomic E-state index is 11.5. The van der Waals surface area contributed by atoms with Crippen molar-refractivity contribution in [3.8, 4) is 11.8 Å². The molecule has 2 aromatic rings. The Morgan fingerprint density at radius 3 is 1.85 bits per heavy atom. The van der Waals surface area contributed by atoms with Gasteiger partial charge < -0.3 is 33.6 Å². The van der Waals surface area contributed by atoms with E-state index in [0.29, 0.717) is 6.04 Å². The Morgan fingerprint density at radius 1 is 0.889 bits per heavy atom. The highest BCUT2D eigenvalue weighted by molar-refractivity contribution is 5.44. The number of aliphatic hydroxyl groups is 1. The van der Waals surface area contributed by atoms with E-state index in [0.717, 1.165) is 22.2 Å². The molecular formula is C24H30INO. The minimum absolute atomic E-state index is 0. The fourth-order valence-electron chi connectivity index (χ4n) is 3.95. The van der Waals surface area contributed by atoms with E-state index < -0.39 is 5.60 Å². The van der Waals surface area contributed by atoms with Gasteiger partial charge in [-0.25, -0.2) is 0 Å². The van der Waals surface area contributed by atoms with Gasteiger partial charge >= 0.3 is 0 Å². The van der Waals surface area contributed by atoms with Gasteiger partial charge in [0.05, 0.1) is 20.1 Å². The zero-order valence-electron chi connectivity index (χ0n) is 16.4. The lowest BCUT2D eigenvalue weighted by Gasteiger charge is -2.38. The van der Waals surface area contributed by atoms with E-state index in [2.05, 4.69) is 25.9 Å². The lowest BCUT2D eigenvalue weighted by Crippen LogP contribution is -3.00. The molecule has 0 atom stereocenters. The Kier molecular flexibility index (Phi) is 7.91. The average molecular weight is 475 g/mol. The molecule has 2 aromatic carbocycles. The Hall–Kier alpha value is -1.35. The average Bonchev–Trinajstić information content (AvgIpc) is 2.70. The van der Waals surface area contributed by atoms with E-state index in [1.165, 1.54) is 32.1 Å². The van der Waals surface area contributed by atoms with Gasteiger partial charge in [0.15, 0.2) is 5.60 Å². The molecule has 144 valence electrons. The van der Waals surface area contributed by atoms with Crippen molar-refractivity contribution in [1.29, 1.82) is 0 Å². The van der Waals surface area contributed by atoms with Gasteiger partial charge in [-0.15, -0.1) is 0 Å². The molecule has 1 fully saturated rings. The van der Waals surface area contributed by atoms with Crippen LogP contribution in [0, 0.1) is 11.8 Å². The van der Waals surface area contributed by atoms with Crippen molar-refractivity contribution in [3.05, 3.63) is 71.8 Å². The molecule has 0 bridgehead atoms. The maximum Gasteiger partial charge on any atom is 0.177 e. The molecule has 2 nitrogen and oxygen atoms in total. The summed E-state index contributed by atoms with van der Waals surface area (Å²) in [6.45, 7) is 0.757. The molecule has 27 heavy (non-hydrogen) atoms. The van der Waals surface area contributed by atoms with Crippen LogP contribution < -0.4 is 24.0 Å². The Bertz CT molecular complexity index is 716. The molecule has 0 heterocycles. The Balaban J connectivity index is 0.00000261. The van der Waals surface area contributed by atoms with Crippen LogP contribution in [0.15, 0.2) is 60.7 Å². The van der Waals surface area contributed by atoms with Crippen molar-refractivity contribution in [1.82, 2.24) is 0 Å². The quantitative estimate of drug-likeness (QED) is 0.402. The smallest absolute Gasteiger partial charge is 0.177 e. The third kappa shape index (κ3) is 5.34. The Labute approximate surface area is 181 Å². The molecule has 1 aliphatic rings. The summed E-state index contributed by atoms with van der Waals surface area (Å²) in [6.07, 6.45) is 6.60. The molecule has 1 aliphatic carbocycles. The number of quaternary nitrogens is 1. The van der Waals surface area contributed by atoms with Gasteiger partial charge in [-0.1, -0.05) is 73.0 Å². The molecular weight excluding hydrogens is 445 g/mol. The molecule has 0 unspecified atom stereocenters. The van der Waals surface area contributed by atoms with E-state index in [4.69, 9.17) is 0 Å². The zero-order valence-corrected chi connectivity index (χ0v) is 18.5. The first-order valence-corrected chi connectivity index (χ1v) is 9.68. The van der Waals surface area contributed by atoms with Crippen LogP contribution in [0.25, 0.3) is 0 Å². The van der Waals surface area contributed by atoms with Crippen molar-refractivity contribution >= 4 is 0 Å². The van der Waals surface area contributed by atoms with Crippen LogP contribution >= 0.6 is 0 Å². The first-order chi connectivity index (χ1) is 12.5. The van der Waals surface area contributed by atoms with Gasteiger partial charge in [0, 0.05) is 11.1 Å². The lowest BCUT2D eigenvalue weighted by atomic mass is 9.87. The minimum atomic E-state index is -1.27. The highest BCUT2D eigenvalue weighted by Gasteiger charge is 2.31. The van der Waals surface area contributed by atoms with Crippen molar-refractivity contribution < 1.29 is 33.6 Å². The summed E-state index contributed by atoms with van der Waals surface area (Å²) >= 11 is 0. The molecule has 0 aromatic heterocycles. The number of hydrogen-bond acceptors (Lipinski definition) is 1. The van der Waals surface area contributed by atoms with Crippen molar-refractivity contribution in [3.63, 3.8) is 0 Å². The van der Waals surface area contributed by atoms with E-state index in [1.54, 1.807) is 0 Å². The normalized spacial score (nSPS) is 15.4. The first kappa shape index (κ1) is 21.9. The third-order valence-corrected chi connectivity index (χ3v) is 5.70. The van der Waals surface area contributed by atoms with Gasteiger partial charge in [-0.3, -0.25) is 0 Å².